The number of halogens is 3. The first-order valence-electron chi connectivity index (χ1n) is 2.80. The maximum atomic E-state index is 5.73. The molecule has 0 aliphatic carbocycles. The van der Waals surface area contributed by atoms with Gasteiger partial charge in [0.15, 0.2) is 0 Å². The number of hydrogen-bond acceptors (Lipinski definition) is 2. The molecule has 1 rings (SSSR count). The van der Waals surface area contributed by atoms with Crippen LogP contribution in [0.2, 0.25) is 10.0 Å². The first-order valence-corrected chi connectivity index (χ1v) is 4.35. The van der Waals surface area contributed by atoms with Crippen molar-refractivity contribution in [2.45, 2.75) is 0 Å². The number of nitrogens with one attached hydrogen (secondary N) is 2. The van der Waals surface area contributed by atoms with Gasteiger partial charge in [-0.2, -0.15) is 4.45 Å². The van der Waals surface area contributed by atoms with Gasteiger partial charge in [-0.1, -0.05) is 23.2 Å². The molecule has 0 aliphatic heterocycles. The number of benzene rings is 1. The normalized spacial score (nSPS) is 9.73. The second-order valence-corrected chi connectivity index (χ2v) is 3.06. The summed E-state index contributed by atoms with van der Waals surface area (Å²) in [5.74, 6) is 0. The molecule has 5 heteroatoms. The van der Waals surface area contributed by atoms with Crippen LogP contribution in [0.3, 0.4) is 0 Å². The molecule has 2 nitrogen and oxygen atoms in total. The molecule has 0 spiro atoms. The largest absolute Gasteiger partial charge is 0.312 e. The zero-order chi connectivity index (χ0) is 8.27. The van der Waals surface area contributed by atoms with Crippen molar-refractivity contribution in [1.82, 2.24) is 4.45 Å². The molecule has 1 aromatic rings. The fourth-order valence-electron chi connectivity index (χ4n) is 0.628. The third kappa shape index (κ3) is 2.52. The third-order valence-corrected chi connectivity index (χ3v) is 2.05. The molecular formula is C6H5BrCl2N2. The van der Waals surface area contributed by atoms with Crippen molar-refractivity contribution in [3.05, 3.63) is 28.2 Å². The summed E-state index contributed by atoms with van der Waals surface area (Å²) >= 11 is 14.4. The van der Waals surface area contributed by atoms with E-state index in [1.54, 1.807) is 12.1 Å². The lowest BCUT2D eigenvalue weighted by Gasteiger charge is -2.02. The average Bonchev–Trinajstić information content (AvgIpc) is 1.98. The SMILES string of the molecule is Clc1ccc(NNBr)cc1Cl. The summed E-state index contributed by atoms with van der Waals surface area (Å²) in [7, 11) is 0. The number of rotatable bonds is 2. The van der Waals surface area contributed by atoms with Crippen molar-refractivity contribution in [3.8, 4) is 0 Å². The zero-order valence-corrected chi connectivity index (χ0v) is 8.46. The zero-order valence-electron chi connectivity index (χ0n) is 5.37. The van der Waals surface area contributed by atoms with Crippen LogP contribution in [0.15, 0.2) is 18.2 Å². The van der Waals surface area contributed by atoms with Crippen LogP contribution in [0.25, 0.3) is 0 Å². The minimum absolute atomic E-state index is 0.527. The molecule has 0 heterocycles. The molecule has 0 atom stereocenters. The Labute approximate surface area is 83.2 Å². The number of anilines is 1. The molecule has 0 aliphatic rings. The topological polar surface area (TPSA) is 24.1 Å². The Balaban J connectivity index is 2.86. The Morgan fingerprint density at radius 1 is 1.18 bits per heavy atom. The van der Waals surface area contributed by atoms with Gasteiger partial charge in [-0.15, -0.1) is 0 Å². The highest BCUT2D eigenvalue weighted by molar-refractivity contribution is 9.08. The lowest BCUT2D eigenvalue weighted by Crippen LogP contribution is -2.07. The molecule has 0 saturated heterocycles. The van der Waals surface area contributed by atoms with Gasteiger partial charge in [0.05, 0.1) is 15.7 Å². The van der Waals surface area contributed by atoms with Crippen LogP contribution in [-0.4, -0.2) is 0 Å². The van der Waals surface area contributed by atoms with Gasteiger partial charge in [0.1, 0.15) is 0 Å². The van der Waals surface area contributed by atoms with E-state index < -0.39 is 0 Å². The van der Waals surface area contributed by atoms with E-state index in [4.69, 9.17) is 23.2 Å². The van der Waals surface area contributed by atoms with E-state index in [1.165, 1.54) is 0 Å². The summed E-state index contributed by atoms with van der Waals surface area (Å²) in [6, 6.07) is 5.25. The van der Waals surface area contributed by atoms with Crippen molar-refractivity contribution in [1.29, 1.82) is 0 Å². The quantitative estimate of drug-likeness (QED) is 0.627. The highest BCUT2D eigenvalue weighted by Gasteiger charge is 1.97. The summed E-state index contributed by atoms with van der Waals surface area (Å²) < 4.78 is 2.59. The molecule has 11 heavy (non-hydrogen) atoms. The molecule has 0 unspecified atom stereocenters. The highest BCUT2D eigenvalue weighted by Crippen LogP contribution is 2.24. The van der Waals surface area contributed by atoms with E-state index in [1.807, 2.05) is 6.07 Å². The third-order valence-electron chi connectivity index (χ3n) is 1.11. The minimum atomic E-state index is 0.527. The van der Waals surface area contributed by atoms with Crippen molar-refractivity contribution in [3.63, 3.8) is 0 Å². The fraction of sp³-hybridized carbons (Fsp3) is 0. The number of hydrazine groups is 1. The molecular weight excluding hydrogens is 251 g/mol. The second kappa shape index (κ2) is 4.16. The van der Waals surface area contributed by atoms with Crippen molar-refractivity contribution in [2.75, 3.05) is 5.43 Å². The Morgan fingerprint density at radius 2 is 1.91 bits per heavy atom. The van der Waals surface area contributed by atoms with Crippen molar-refractivity contribution < 1.29 is 0 Å². The molecule has 0 aromatic heterocycles. The van der Waals surface area contributed by atoms with E-state index in [0.717, 1.165) is 5.69 Å². The molecule has 0 saturated carbocycles. The fourth-order valence-corrected chi connectivity index (χ4v) is 1.16. The Bertz CT molecular complexity index is 254. The monoisotopic (exact) mass is 254 g/mol. The average molecular weight is 256 g/mol. The van der Waals surface area contributed by atoms with Gasteiger partial charge in [-0.05, 0) is 18.2 Å². The van der Waals surface area contributed by atoms with Crippen LogP contribution >= 0.6 is 39.3 Å². The van der Waals surface area contributed by atoms with Crippen LogP contribution < -0.4 is 9.88 Å². The highest BCUT2D eigenvalue weighted by atomic mass is 79.9. The number of hydrogen-bond donors (Lipinski definition) is 2. The predicted molar refractivity (Wildman–Crippen MR) is 52.1 cm³/mol. The van der Waals surface area contributed by atoms with Crippen molar-refractivity contribution in [2.24, 2.45) is 0 Å². The molecule has 0 fully saturated rings. The molecule has 0 amide bonds. The van der Waals surface area contributed by atoms with E-state index >= 15 is 0 Å². The van der Waals surface area contributed by atoms with Crippen molar-refractivity contribution >= 4 is 45.0 Å². The summed E-state index contributed by atoms with van der Waals surface area (Å²) in [6.45, 7) is 0. The van der Waals surface area contributed by atoms with Crippen LogP contribution in [0.1, 0.15) is 0 Å². The molecule has 0 radical (unpaired) electrons. The molecule has 1 aromatic carbocycles. The predicted octanol–water partition coefficient (Wildman–Crippen LogP) is 3.22. The second-order valence-electron chi connectivity index (χ2n) is 1.85. The maximum Gasteiger partial charge on any atom is 0.0613 e. The Hall–Kier alpha value is 0.0400. The summed E-state index contributed by atoms with van der Waals surface area (Å²) in [6.07, 6.45) is 0. The molecule has 2 N–H and O–H groups in total. The van der Waals surface area contributed by atoms with Gasteiger partial charge in [0.25, 0.3) is 0 Å². The lowest BCUT2D eigenvalue weighted by molar-refractivity contribution is 1.25. The molecule has 0 bridgehead atoms. The lowest BCUT2D eigenvalue weighted by atomic mass is 10.3. The minimum Gasteiger partial charge on any atom is -0.312 e. The molecule has 60 valence electrons. The Kier molecular flexibility index (Phi) is 3.45. The Morgan fingerprint density at radius 3 is 2.45 bits per heavy atom. The first-order chi connectivity index (χ1) is 5.24. The summed E-state index contributed by atoms with van der Waals surface area (Å²) in [5, 5.41) is 1.08. The van der Waals surface area contributed by atoms with Crippen LogP contribution in [0, 0.1) is 0 Å². The van der Waals surface area contributed by atoms with Gasteiger partial charge in [0, 0.05) is 16.1 Å². The maximum absolute atomic E-state index is 5.73. The standard InChI is InChI=1S/C6H5BrCl2N2/c7-11-10-4-1-2-5(8)6(9)3-4/h1-3,10-11H. The van der Waals surface area contributed by atoms with E-state index in [9.17, 15) is 0 Å². The van der Waals surface area contributed by atoms with Crippen LogP contribution in [0.4, 0.5) is 5.69 Å². The smallest absolute Gasteiger partial charge is 0.0613 e. The van der Waals surface area contributed by atoms with Gasteiger partial charge in [-0.25, -0.2) is 0 Å². The van der Waals surface area contributed by atoms with Crippen LogP contribution in [0.5, 0.6) is 0 Å². The van der Waals surface area contributed by atoms with Gasteiger partial charge >= 0.3 is 0 Å². The van der Waals surface area contributed by atoms with E-state index in [-0.39, 0.29) is 0 Å². The van der Waals surface area contributed by atoms with E-state index in [0.29, 0.717) is 10.0 Å². The van der Waals surface area contributed by atoms with Gasteiger partial charge in [-0.3, -0.25) is 0 Å². The van der Waals surface area contributed by atoms with Crippen LogP contribution in [-0.2, 0) is 0 Å². The van der Waals surface area contributed by atoms with Gasteiger partial charge in [0.2, 0.25) is 0 Å². The van der Waals surface area contributed by atoms with E-state index in [2.05, 4.69) is 26.0 Å². The summed E-state index contributed by atoms with van der Waals surface area (Å²) in [4.78, 5) is 0. The first kappa shape index (κ1) is 9.13. The van der Waals surface area contributed by atoms with Gasteiger partial charge < -0.3 is 5.43 Å². The summed E-state index contributed by atoms with van der Waals surface area (Å²) in [5.41, 5.74) is 3.64.